The molecule has 2 heterocycles. The van der Waals surface area contributed by atoms with E-state index in [4.69, 9.17) is 5.73 Å². The number of non-ortho nitro benzene ring substituents is 1. The van der Waals surface area contributed by atoms with Crippen LogP contribution in [0, 0.1) is 21.8 Å². The Morgan fingerprint density at radius 3 is 2.47 bits per heavy atom. The number of halogens is 1. The first-order valence-corrected chi connectivity index (χ1v) is 10.0. The fourth-order valence-corrected chi connectivity index (χ4v) is 3.80. The van der Waals surface area contributed by atoms with Crippen molar-refractivity contribution in [2.45, 2.75) is 12.8 Å². The van der Waals surface area contributed by atoms with Crippen LogP contribution in [-0.4, -0.2) is 44.5 Å². The van der Waals surface area contributed by atoms with Gasteiger partial charge in [0.05, 0.1) is 16.3 Å². The normalized spacial score (nSPS) is 14.3. The van der Waals surface area contributed by atoms with E-state index in [0.29, 0.717) is 31.6 Å². The molecule has 0 saturated carbocycles. The Morgan fingerprint density at radius 2 is 1.81 bits per heavy atom. The van der Waals surface area contributed by atoms with Gasteiger partial charge in [-0.2, -0.15) is 5.10 Å². The molecule has 1 aliphatic rings. The molecule has 1 fully saturated rings. The Balaban J connectivity index is 1.76. The monoisotopic (exact) mass is 437 g/mol. The molecule has 32 heavy (non-hydrogen) atoms. The van der Waals surface area contributed by atoms with Gasteiger partial charge in [0.25, 0.3) is 11.6 Å². The Labute approximate surface area is 182 Å². The summed E-state index contributed by atoms with van der Waals surface area (Å²) in [5, 5.41) is 15.6. The van der Waals surface area contributed by atoms with Gasteiger partial charge in [-0.25, -0.2) is 9.07 Å². The van der Waals surface area contributed by atoms with Crippen LogP contribution in [0.1, 0.15) is 23.3 Å². The van der Waals surface area contributed by atoms with Crippen molar-refractivity contribution in [3.05, 3.63) is 76.2 Å². The van der Waals surface area contributed by atoms with Gasteiger partial charge < -0.3 is 10.6 Å². The summed E-state index contributed by atoms with van der Waals surface area (Å²) in [6.07, 6.45) is 0.901. The van der Waals surface area contributed by atoms with Gasteiger partial charge in [-0.3, -0.25) is 19.7 Å². The van der Waals surface area contributed by atoms with E-state index < -0.39 is 10.7 Å². The van der Waals surface area contributed by atoms with Crippen molar-refractivity contribution < 1.29 is 18.9 Å². The molecule has 4 rings (SSSR count). The summed E-state index contributed by atoms with van der Waals surface area (Å²) in [7, 11) is 0. The van der Waals surface area contributed by atoms with Crippen molar-refractivity contribution in [2.75, 3.05) is 13.1 Å². The maximum Gasteiger partial charge on any atom is 0.272 e. The Hall–Kier alpha value is -4.08. The van der Waals surface area contributed by atoms with Gasteiger partial charge in [0.2, 0.25) is 5.91 Å². The van der Waals surface area contributed by atoms with Gasteiger partial charge in [-0.1, -0.05) is 18.2 Å². The minimum atomic E-state index is -0.541. The molecule has 3 aromatic rings. The third-order valence-electron chi connectivity index (χ3n) is 5.55. The first kappa shape index (κ1) is 21.2. The van der Waals surface area contributed by atoms with E-state index in [9.17, 15) is 24.1 Å². The van der Waals surface area contributed by atoms with Crippen molar-refractivity contribution in [1.29, 1.82) is 0 Å². The molecule has 0 spiro atoms. The highest BCUT2D eigenvalue weighted by atomic mass is 19.1. The molecule has 0 radical (unpaired) electrons. The second-order valence-electron chi connectivity index (χ2n) is 7.55. The van der Waals surface area contributed by atoms with Crippen molar-refractivity contribution in [3.63, 3.8) is 0 Å². The SMILES string of the molecule is NC(=O)C1CCN(C(=O)c2cc(-c3ccccc3F)nn2-c2cccc([N+](=O)[O-])c2)CC1. The fraction of sp³-hybridized carbons (Fsp3) is 0.227. The van der Waals surface area contributed by atoms with Gasteiger partial charge in [-0.15, -0.1) is 0 Å². The summed E-state index contributed by atoms with van der Waals surface area (Å²) in [5.74, 6) is -1.54. The quantitative estimate of drug-likeness (QED) is 0.485. The van der Waals surface area contributed by atoms with Crippen LogP contribution in [0.25, 0.3) is 16.9 Å². The number of rotatable bonds is 5. The van der Waals surface area contributed by atoms with E-state index in [1.807, 2.05) is 0 Å². The van der Waals surface area contributed by atoms with E-state index in [1.165, 1.54) is 35.0 Å². The van der Waals surface area contributed by atoms with Crippen LogP contribution in [-0.2, 0) is 4.79 Å². The number of piperidine rings is 1. The molecule has 0 aliphatic carbocycles. The molecule has 1 aliphatic heterocycles. The highest BCUT2D eigenvalue weighted by Crippen LogP contribution is 2.27. The van der Waals surface area contributed by atoms with Crippen LogP contribution in [0.3, 0.4) is 0 Å². The molecule has 0 atom stereocenters. The molecule has 0 unspecified atom stereocenters. The standard InChI is InChI=1S/C22H20FN5O4/c23-18-7-2-1-6-17(18)19-13-20(22(30)26-10-8-14(9-11-26)21(24)29)27(25-19)15-4-3-5-16(12-15)28(31)32/h1-7,12-14H,8-11H2,(H2,24,29). The molecule has 1 saturated heterocycles. The number of primary amides is 1. The summed E-state index contributed by atoms with van der Waals surface area (Å²) in [6, 6.07) is 13.2. The lowest BCUT2D eigenvalue weighted by Gasteiger charge is -2.30. The number of aromatic nitrogens is 2. The molecule has 2 amide bonds. The first-order valence-electron chi connectivity index (χ1n) is 10.0. The number of likely N-dealkylation sites (tertiary alicyclic amines) is 1. The second kappa shape index (κ2) is 8.58. The lowest BCUT2D eigenvalue weighted by molar-refractivity contribution is -0.384. The van der Waals surface area contributed by atoms with E-state index in [-0.39, 0.29) is 40.4 Å². The maximum atomic E-state index is 14.4. The minimum Gasteiger partial charge on any atom is -0.369 e. The minimum absolute atomic E-state index is 0.140. The largest absolute Gasteiger partial charge is 0.369 e. The van der Waals surface area contributed by atoms with Crippen LogP contribution in [0.4, 0.5) is 10.1 Å². The van der Waals surface area contributed by atoms with Crippen LogP contribution in [0.5, 0.6) is 0 Å². The van der Waals surface area contributed by atoms with Crippen molar-refractivity contribution in [1.82, 2.24) is 14.7 Å². The summed E-state index contributed by atoms with van der Waals surface area (Å²) < 4.78 is 15.7. The molecule has 9 nitrogen and oxygen atoms in total. The zero-order chi connectivity index (χ0) is 22.8. The highest BCUT2D eigenvalue weighted by Gasteiger charge is 2.29. The second-order valence-corrected chi connectivity index (χ2v) is 7.55. The molecule has 164 valence electrons. The summed E-state index contributed by atoms with van der Waals surface area (Å²) in [5.41, 5.74) is 6.09. The molecular formula is C22H20FN5O4. The van der Waals surface area contributed by atoms with Gasteiger partial charge in [-0.05, 0) is 37.1 Å². The van der Waals surface area contributed by atoms with Gasteiger partial charge in [0, 0.05) is 36.7 Å². The number of carbonyl (C=O) groups excluding carboxylic acids is 2. The number of nitro groups is 1. The Bertz CT molecular complexity index is 1200. The predicted molar refractivity (Wildman–Crippen MR) is 113 cm³/mol. The van der Waals surface area contributed by atoms with E-state index >= 15 is 0 Å². The number of nitro benzene ring substituents is 1. The average molecular weight is 437 g/mol. The van der Waals surface area contributed by atoms with Gasteiger partial charge >= 0.3 is 0 Å². The van der Waals surface area contributed by atoms with Crippen LogP contribution in [0.15, 0.2) is 54.6 Å². The van der Waals surface area contributed by atoms with Crippen molar-refractivity contribution in [3.8, 4) is 16.9 Å². The molecule has 0 bridgehead atoms. The summed E-state index contributed by atoms with van der Waals surface area (Å²) >= 11 is 0. The fourth-order valence-electron chi connectivity index (χ4n) is 3.80. The smallest absolute Gasteiger partial charge is 0.272 e. The first-order chi connectivity index (χ1) is 15.3. The zero-order valence-electron chi connectivity index (χ0n) is 17.0. The van der Waals surface area contributed by atoms with Gasteiger partial charge in [0.15, 0.2) is 0 Å². The molecular weight excluding hydrogens is 417 g/mol. The zero-order valence-corrected chi connectivity index (χ0v) is 17.0. The number of benzene rings is 2. The Kier molecular flexibility index (Phi) is 5.67. The van der Waals surface area contributed by atoms with E-state index in [1.54, 1.807) is 29.2 Å². The van der Waals surface area contributed by atoms with E-state index in [0.717, 1.165) is 0 Å². The van der Waals surface area contributed by atoms with E-state index in [2.05, 4.69) is 5.10 Å². The lowest BCUT2D eigenvalue weighted by Crippen LogP contribution is -2.42. The number of nitrogens with two attached hydrogens (primary N) is 1. The molecule has 10 heteroatoms. The molecule has 2 aromatic carbocycles. The van der Waals surface area contributed by atoms with Gasteiger partial charge in [0.1, 0.15) is 11.5 Å². The van der Waals surface area contributed by atoms with Crippen LogP contribution >= 0.6 is 0 Å². The number of hydrogen-bond donors (Lipinski definition) is 1. The molecule has 2 N–H and O–H groups in total. The predicted octanol–water partition coefficient (Wildman–Crippen LogP) is 2.92. The topological polar surface area (TPSA) is 124 Å². The number of amides is 2. The van der Waals surface area contributed by atoms with Crippen molar-refractivity contribution >= 4 is 17.5 Å². The summed E-state index contributed by atoms with van der Waals surface area (Å²) in [4.78, 5) is 37.0. The highest BCUT2D eigenvalue weighted by molar-refractivity contribution is 5.94. The average Bonchev–Trinajstić information content (AvgIpc) is 3.24. The van der Waals surface area contributed by atoms with Crippen LogP contribution < -0.4 is 5.73 Å². The Morgan fingerprint density at radius 1 is 1.09 bits per heavy atom. The number of hydrogen-bond acceptors (Lipinski definition) is 5. The number of nitrogens with zero attached hydrogens (tertiary/aromatic N) is 4. The maximum absolute atomic E-state index is 14.4. The lowest BCUT2D eigenvalue weighted by atomic mass is 9.96. The number of carbonyl (C=O) groups is 2. The third-order valence-corrected chi connectivity index (χ3v) is 5.55. The van der Waals surface area contributed by atoms with Crippen LogP contribution in [0.2, 0.25) is 0 Å². The van der Waals surface area contributed by atoms with Crippen molar-refractivity contribution in [2.24, 2.45) is 11.7 Å². The third kappa shape index (κ3) is 4.07. The summed E-state index contributed by atoms with van der Waals surface area (Å²) in [6.45, 7) is 0.670. The molecule has 1 aromatic heterocycles.